The molecule has 2 N–H and O–H groups in total. The topological polar surface area (TPSA) is 38.9 Å². The Balaban J connectivity index is 2.11. The van der Waals surface area contributed by atoms with E-state index in [9.17, 15) is 4.39 Å². The number of aromatic nitrogens is 1. The van der Waals surface area contributed by atoms with Gasteiger partial charge in [-0.05, 0) is 36.2 Å². The molecule has 0 aliphatic rings. The van der Waals surface area contributed by atoms with Crippen LogP contribution in [0.4, 0.5) is 4.39 Å². The fourth-order valence-corrected chi connectivity index (χ4v) is 2.08. The molecule has 2 rings (SSSR count). The molecule has 0 spiro atoms. The summed E-state index contributed by atoms with van der Waals surface area (Å²) in [6.07, 6.45) is 1.87. The second-order valence-corrected chi connectivity index (χ2v) is 4.76. The molecule has 0 bridgehead atoms. The zero-order chi connectivity index (χ0) is 12.3. The van der Waals surface area contributed by atoms with E-state index in [4.69, 9.17) is 5.73 Å². The summed E-state index contributed by atoms with van der Waals surface area (Å²) >= 11 is 3.41. The van der Waals surface area contributed by atoms with E-state index in [-0.39, 0.29) is 11.9 Å². The standard InChI is InChI=1S/C13H12BrFN2/c14-10-3-1-2-9(6-10)7-12(16)13-5-4-11(15)8-17-13/h1-6,8,12H,7,16H2. The van der Waals surface area contributed by atoms with Crippen LogP contribution in [0.3, 0.4) is 0 Å². The smallest absolute Gasteiger partial charge is 0.141 e. The number of rotatable bonds is 3. The Bertz CT molecular complexity index is 499. The second kappa shape index (κ2) is 5.38. The van der Waals surface area contributed by atoms with Gasteiger partial charge in [0.1, 0.15) is 5.82 Å². The van der Waals surface area contributed by atoms with Crippen molar-refractivity contribution >= 4 is 15.9 Å². The molecule has 0 aliphatic carbocycles. The molecule has 0 amide bonds. The summed E-state index contributed by atoms with van der Waals surface area (Å²) in [4.78, 5) is 3.99. The Morgan fingerprint density at radius 2 is 2.12 bits per heavy atom. The zero-order valence-electron chi connectivity index (χ0n) is 9.11. The van der Waals surface area contributed by atoms with E-state index < -0.39 is 0 Å². The molecule has 17 heavy (non-hydrogen) atoms. The van der Waals surface area contributed by atoms with E-state index in [1.165, 1.54) is 12.3 Å². The third kappa shape index (κ3) is 3.35. The first-order chi connectivity index (χ1) is 8.15. The van der Waals surface area contributed by atoms with Gasteiger partial charge in [0.2, 0.25) is 0 Å². The van der Waals surface area contributed by atoms with E-state index in [0.717, 1.165) is 10.0 Å². The van der Waals surface area contributed by atoms with Crippen molar-refractivity contribution in [2.75, 3.05) is 0 Å². The number of benzene rings is 1. The molecule has 0 saturated carbocycles. The molecule has 0 aliphatic heterocycles. The van der Waals surface area contributed by atoms with Crippen LogP contribution in [0, 0.1) is 5.82 Å². The summed E-state index contributed by atoms with van der Waals surface area (Å²) in [6, 6.07) is 10.7. The van der Waals surface area contributed by atoms with Gasteiger partial charge in [-0.15, -0.1) is 0 Å². The number of halogens is 2. The fraction of sp³-hybridized carbons (Fsp3) is 0.154. The first kappa shape index (κ1) is 12.2. The van der Waals surface area contributed by atoms with Crippen molar-refractivity contribution in [2.24, 2.45) is 5.73 Å². The predicted octanol–water partition coefficient (Wildman–Crippen LogP) is 3.23. The highest BCUT2D eigenvalue weighted by atomic mass is 79.9. The highest BCUT2D eigenvalue weighted by Crippen LogP contribution is 2.17. The Morgan fingerprint density at radius 3 is 2.76 bits per heavy atom. The van der Waals surface area contributed by atoms with E-state index in [2.05, 4.69) is 20.9 Å². The number of nitrogens with zero attached hydrogens (tertiary/aromatic N) is 1. The molecule has 1 atom stereocenters. The Labute approximate surface area is 108 Å². The maximum Gasteiger partial charge on any atom is 0.141 e. The molecule has 88 valence electrons. The van der Waals surface area contributed by atoms with Crippen LogP contribution >= 0.6 is 15.9 Å². The average molecular weight is 295 g/mol. The maximum absolute atomic E-state index is 12.7. The molecule has 4 heteroatoms. The number of nitrogens with two attached hydrogens (primary N) is 1. The van der Waals surface area contributed by atoms with Crippen LogP contribution in [0.2, 0.25) is 0 Å². The van der Waals surface area contributed by atoms with Crippen LogP contribution in [0.15, 0.2) is 47.1 Å². The van der Waals surface area contributed by atoms with Crippen LogP contribution in [0.5, 0.6) is 0 Å². The van der Waals surface area contributed by atoms with Crippen molar-refractivity contribution < 1.29 is 4.39 Å². The van der Waals surface area contributed by atoms with Crippen LogP contribution in [-0.4, -0.2) is 4.98 Å². The van der Waals surface area contributed by atoms with E-state index >= 15 is 0 Å². The van der Waals surface area contributed by atoms with Gasteiger partial charge in [-0.2, -0.15) is 0 Å². The largest absolute Gasteiger partial charge is 0.322 e. The second-order valence-electron chi connectivity index (χ2n) is 3.84. The molecule has 2 aromatic rings. The normalized spacial score (nSPS) is 12.4. The molecule has 1 heterocycles. The lowest BCUT2D eigenvalue weighted by Crippen LogP contribution is -2.14. The highest BCUT2D eigenvalue weighted by Gasteiger charge is 2.08. The van der Waals surface area contributed by atoms with Gasteiger partial charge in [-0.3, -0.25) is 4.98 Å². The summed E-state index contributed by atoms with van der Waals surface area (Å²) in [5.74, 6) is -0.344. The monoisotopic (exact) mass is 294 g/mol. The molecular weight excluding hydrogens is 283 g/mol. The summed E-state index contributed by atoms with van der Waals surface area (Å²) in [7, 11) is 0. The lowest BCUT2D eigenvalue weighted by Gasteiger charge is -2.11. The molecule has 0 saturated heterocycles. The lowest BCUT2D eigenvalue weighted by atomic mass is 10.0. The summed E-state index contributed by atoms with van der Waals surface area (Å²) in [5, 5.41) is 0. The zero-order valence-corrected chi connectivity index (χ0v) is 10.7. The van der Waals surface area contributed by atoms with Gasteiger partial charge in [-0.1, -0.05) is 28.1 Å². The summed E-state index contributed by atoms with van der Waals surface area (Å²) in [6.45, 7) is 0. The Kier molecular flexibility index (Phi) is 3.86. The quantitative estimate of drug-likeness (QED) is 0.944. The highest BCUT2D eigenvalue weighted by molar-refractivity contribution is 9.10. The lowest BCUT2D eigenvalue weighted by molar-refractivity contribution is 0.612. The van der Waals surface area contributed by atoms with Gasteiger partial charge in [0.05, 0.1) is 17.9 Å². The SMILES string of the molecule is NC(Cc1cccc(Br)c1)c1ccc(F)cn1. The molecular formula is C13H12BrFN2. The van der Waals surface area contributed by atoms with Crippen molar-refractivity contribution in [1.82, 2.24) is 4.98 Å². The minimum atomic E-state index is -0.344. The van der Waals surface area contributed by atoms with Gasteiger partial charge in [-0.25, -0.2) is 4.39 Å². The summed E-state index contributed by atoms with van der Waals surface area (Å²) < 4.78 is 13.7. The average Bonchev–Trinajstić information content (AvgIpc) is 2.29. The molecule has 1 unspecified atom stereocenters. The van der Waals surface area contributed by atoms with Crippen molar-refractivity contribution in [3.05, 3.63) is 64.1 Å². The number of pyridine rings is 1. The van der Waals surface area contributed by atoms with Gasteiger partial charge in [0.15, 0.2) is 0 Å². The van der Waals surface area contributed by atoms with E-state index in [1.807, 2.05) is 24.3 Å². The summed E-state index contributed by atoms with van der Waals surface area (Å²) in [5.41, 5.74) is 7.85. The van der Waals surface area contributed by atoms with Crippen molar-refractivity contribution in [3.63, 3.8) is 0 Å². The van der Waals surface area contributed by atoms with Gasteiger partial charge < -0.3 is 5.73 Å². The van der Waals surface area contributed by atoms with Gasteiger partial charge in [0, 0.05) is 4.47 Å². The van der Waals surface area contributed by atoms with Crippen LogP contribution < -0.4 is 5.73 Å². The molecule has 0 fully saturated rings. The number of hydrogen-bond donors (Lipinski definition) is 1. The first-order valence-electron chi connectivity index (χ1n) is 5.26. The van der Waals surface area contributed by atoms with Crippen molar-refractivity contribution in [1.29, 1.82) is 0 Å². The molecule has 1 aromatic heterocycles. The van der Waals surface area contributed by atoms with Crippen LogP contribution in [0.25, 0.3) is 0 Å². The molecule has 1 aromatic carbocycles. The third-order valence-electron chi connectivity index (χ3n) is 2.47. The van der Waals surface area contributed by atoms with Crippen LogP contribution in [0.1, 0.15) is 17.3 Å². The third-order valence-corrected chi connectivity index (χ3v) is 2.97. The Hall–Kier alpha value is -1.26. The van der Waals surface area contributed by atoms with Crippen molar-refractivity contribution in [2.45, 2.75) is 12.5 Å². The maximum atomic E-state index is 12.7. The minimum Gasteiger partial charge on any atom is -0.322 e. The predicted molar refractivity (Wildman–Crippen MR) is 69.0 cm³/mol. The molecule has 2 nitrogen and oxygen atoms in total. The van der Waals surface area contributed by atoms with E-state index in [1.54, 1.807) is 6.07 Å². The van der Waals surface area contributed by atoms with E-state index in [0.29, 0.717) is 12.1 Å². The van der Waals surface area contributed by atoms with Gasteiger partial charge in [0.25, 0.3) is 0 Å². The Morgan fingerprint density at radius 1 is 1.29 bits per heavy atom. The first-order valence-corrected chi connectivity index (χ1v) is 6.06. The van der Waals surface area contributed by atoms with Crippen LogP contribution in [-0.2, 0) is 6.42 Å². The minimum absolute atomic E-state index is 0.218. The van der Waals surface area contributed by atoms with Crippen molar-refractivity contribution in [3.8, 4) is 0 Å². The van der Waals surface area contributed by atoms with Gasteiger partial charge >= 0.3 is 0 Å². The molecule has 0 radical (unpaired) electrons. The number of hydrogen-bond acceptors (Lipinski definition) is 2. The fourth-order valence-electron chi connectivity index (χ4n) is 1.63.